The predicted octanol–water partition coefficient (Wildman–Crippen LogP) is 1.83. The first kappa shape index (κ1) is 18.0. The lowest BCUT2D eigenvalue weighted by atomic mass is 9.79. The van der Waals surface area contributed by atoms with Crippen LogP contribution in [0.1, 0.15) is 24.8 Å². The predicted molar refractivity (Wildman–Crippen MR) is 102 cm³/mol. The maximum Gasteiger partial charge on any atom is 0.222 e. The molecule has 1 atom stereocenters. The van der Waals surface area contributed by atoms with Gasteiger partial charge in [0.1, 0.15) is 0 Å². The van der Waals surface area contributed by atoms with Gasteiger partial charge in [0.2, 0.25) is 5.91 Å². The number of amides is 1. The van der Waals surface area contributed by atoms with Gasteiger partial charge in [-0.15, -0.1) is 0 Å². The lowest BCUT2D eigenvalue weighted by Gasteiger charge is -2.41. The third kappa shape index (κ3) is 4.27. The molecule has 0 N–H and O–H groups in total. The molecule has 4 rings (SSSR count). The van der Waals surface area contributed by atoms with Gasteiger partial charge in [-0.05, 0) is 18.4 Å². The van der Waals surface area contributed by atoms with Gasteiger partial charge in [-0.2, -0.15) is 0 Å². The van der Waals surface area contributed by atoms with Crippen LogP contribution in [-0.2, 0) is 16.1 Å². The zero-order chi connectivity index (χ0) is 17.8. The lowest BCUT2D eigenvalue weighted by molar-refractivity contribution is -0.137. The second-order valence-electron chi connectivity index (χ2n) is 8.22. The summed E-state index contributed by atoms with van der Waals surface area (Å²) in [7, 11) is 0. The first-order valence-electron chi connectivity index (χ1n) is 10.1. The van der Waals surface area contributed by atoms with Crippen molar-refractivity contribution >= 4 is 5.91 Å². The summed E-state index contributed by atoms with van der Waals surface area (Å²) in [5, 5.41) is 0. The number of rotatable bonds is 5. The maximum absolute atomic E-state index is 12.3. The molecule has 0 saturated carbocycles. The normalized spacial score (nSPS) is 28.2. The highest BCUT2D eigenvalue weighted by Crippen LogP contribution is 2.37. The number of piperazine rings is 1. The molecule has 5 nitrogen and oxygen atoms in total. The van der Waals surface area contributed by atoms with E-state index in [0.29, 0.717) is 12.3 Å². The van der Waals surface area contributed by atoms with Crippen LogP contribution in [0.4, 0.5) is 0 Å². The van der Waals surface area contributed by atoms with Crippen LogP contribution in [0.3, 0.4) is 0 Å². The molecule has 1 amide bonds. The molecule has 3 heterocycles. The number of likely N-dealkylation sites (tertiary alicyclic amines) is 1. The molecule has 1 aromatic rings. The molecule has 1 spiro atoms. The molecular formula is C21H31N3O2. The van der Waals surface area contributed by atoms with Gasteiger partial charge in [0.05, 0.1) is 6.61 Å². The van der Waals surface area contributed by atoms with Crippen LogP contribution in [0, 0.1) is 5.41 Å². The van der Waals surface area contributed by atoms with Gasteiger partial charge in [0.15, 0.2) is 0 Å². The molecule has 1 aromatic carbocycles. The van der Waals surface area contributed by atoms with Crippen molar-refractivity contribution in [1.82, 2.24) is 14.7 Å². The smallest absolute Gasteiger partial charge is 0.222 e. The number of benzene rings is 1. The van der Waals surface area contributed by atoms with Crippen molar-refractivity contribution < 1.29 is 9.53 Å². The van der Waals surface area contributed by atoms with Crippen LogP contribution in [0.25, 0.3) is 0 Å². The molecule has 3 aliphatic heterocycles. The van der Waals surface area contributed by atoms with Crippen LogP contribution in [0.5, 0.6) is 0 Å². The van der Waals surface area contributed by atoms with Gasteiger partial charge >= 0.3 is 0 Å². The molecule has 142 valence electrons. The Labute approximate surface area is 156 Å². The summed E-state index contributed by atoms with van der Waals surface area (Å²) in [6.07, 6.45) is 2.84. The van der Waals surface area contributed by atoms with E-state index in [1.807, 2.05) is 0 Å². The van der Waals surface area contributed by atoms with Gasteiger partial charge < -0.3 is 9.64 Å². The van der Waals surface area contributed by atoms with E-state index in [9.17, 15) is 4.79 Å². The molecule has 0 aliphatic carbocycles. The van der Waals surface area contributed by atoms with Crippen LogP contribution in [0.15, 0.2) is 30.3 Å². The Morgan fingerprint density at radius 2 is 1.73 bits per heavy atom. The van der Waals surface area contributed by atoms with E-state index in [1.54, 1.807) is 0 Å². The number of ether oxygens (including phenoxy) is 1. The highest BCUT2D eigenvalue weighted by atomic mass is 16.5. The summed E-state index contributed by atoms with van der Waals surface area (Å²) in [6, 6.07) is 10.7. The van der Waals surface area contributed by atoms with Crippen molar-refractivity contribution in [1.29, 1.82) is 0 Å². The highest BCUT2D eigenvalue weighted by molar-refractivity contribution is 5.77. The average Bonchev–Trinajstić information content (AvgIpc) is 3.13. The third-order valence-corrected chi connectivity index (χ3v) is 6.33. The fourth-order valence-electron chi connectivity index (χ4n) is 4.55. The minimum absolute atomic E-state index is 0.252. The Balaban J connectivity index is 1.21. The fourth-order valence-corrected chi connectivity index (χ4v) is 4.55. The quantitative estimate of drug-likeness (QED) is 0.806. The van der Waals surface area contributed by atoms with E-state index < -0.39 is 0 Å². The van der Waals surface area contributed by atoms with E-state index in [2.05, 4.69) is 45.0 Å². The summed E-state index contributed by atoms with van der Waals surface area (Å²) in [5.74, 6) is 0.338. The number of piperidine rings is 1. The molecule has 1 unspecified atom stereocenters. The lowest BCUT2D eigenvalue weighted by Crippen LogP contribution is -2.51. The third-order valence-electron chi connectivity index (χ3n) is 6.33. The minimum Gasteiger partial charge on any atom is -0.381 e. The summed E-state index contributed by atoms with van der Waals surface area (Å²) >= 11 is 0. The first-order chi connectivity index (χ1) is 12.7. The largest absolute Gasteiger partial charge is 0.381 e. The van der Waals surface area contributed by atoms with Gasteiger partial charge in [-0.3, -0.25) is 14.6 Å². The number of nitrogens with zero attached hydrogens (tertiary/aromatic N) is 3. The molecule has 5 heteroatoms. The van der Waals surface area contributed by atoms with Crippen molar-refractivity contribution in [3.8, 4) is 0 Å². The van der Waals surface area contributed by atoms with Crippen LogP contribution >= 0.6 is 0 Å². The molecular weight excluding hydrogens is 326 g/mol. The van der Waals surface area contributed by atoms with E-state index in [4.69, 9.17) is 4.74 Å². The highest BCUT2D eigenvalue weighted by Gasteiger charge is 2.41. The summed E-state index contributed by atoms with van der Waals surface area (Å²) in [6.45, 7) is 9.95. The first-order valence-corrected chi connectivity index (χ1v) is 10.1. The van der Waals surface area contributed by atoms with E-state index in [-0.39, 0.29) is 5.41 Å². The number of carbonyl (C=O) groups excluding carboxylic acids is 1. The Bertz CT molecular complexity index is 593. The molecule has 0 aromatic heterocycles. The fraction of sp³-hybridized carbons (Fsp3) is 0.667. The molecule has 3 aliphatic rings. The summed E-state index contributed by atoms with van der Waals surface area (Å²) < 4.78 is 5.62. The van der Waals surface area contributed by atoms with Gasteiger partial charge in [0.25, 0.3) is 0 Å². The van der Waals surface area contributed by atoms with Gasteiger partial charge in [-0.1, -0.05) is 30.3 Å². The Kier molecular flexibility index (Phi) is 5.57. The molecule has 0 bridgehead atoms. The number of carbonyl (C=O) groups is 1. The average molecular weight is 357 g/mol. The maximum atomic E-state index is 12.3. The van der Waals surface area contributed by atoms with Crippen molar-refractivity contribution in [2.75, 3.05) is 59.0 Å². The topological polar surface area (TPSA) is 36.0 Å². The second kappa shape index (κ2) is 8.07. The van der Waals surface area contributed by atoms with Crippen molar-refractivity contribution in [3.63, 3.8) is 0 Å². The molecule has 3 saturated heterocycles. The number of hydrogen-bond acceptors (Lipinski definition) is 4. The van der Waals surface area contributed by atoms with E-state index in [0.717, 1.165) is 78.4 Å². The van der Waals surface area contributed by atoms with Crippen LogP contribution in [-0.4, -0.2) is 79.6 Å². The molecule has 3 fully saturated rings. The number of hydrogen-bond donors (Lipinski definition) is 0. The summed E-state index contributed by atoms with van der Waals surface area (Å²) in [4.78, 5) is 19.5. The van der Waals surface area contributed by atoms with Gasteiger partial charge in [-0.25, -0.2) is 0 Å². The van der Waals surface area contributed by atoms with Gasteiger partial charge in [0, 0.05) is 70.8 Å². The Hall–Kier alpha value is -1.43. The van der Waals surface area contributed by atoms with Crippen LogP contribution in [0.2, 0.25) is 0 Å². The Morgan fingerprint density at radius 3 is 2.46 bits per heavy atom. The Morgan fingerprint density at radius 1 is 0.962 bits per heavy atom. The molecule has 0 radical (unpaired) electrons. The zero-order valence-electron chi connectivity index (χ0n) is 15.7. The van der Waals surface area contributed by atoms with E-state index in [1.165, 1.54) is 5.56 Å². The minimum atomic E-state index is 0.252. The second-order valence-corrected chi connectivity index (χ2v) is 8.22. The van der Waals surface area contributed by atoms with Crippen molar-refractivity contribution in [2.45, 2.75) is 25.8 Å². The van der Waals surface area contributed by atoms with Crippen LogP contribution < -0.4 is 0 Å². The zero-order valence-corrected chi connectivity index (χ0v) is 15.7. The standard InChI is InChI=1S/C21H31N3O2/c25-20-6-7-21(8-15-26-18-21)17-24(20)14-13-22-9-11-23(12-10-22)16-19-4-2-1-3-5-19/h1-5H,6-18H2. The van der Waals surface area contributed by atoms with Crippen molar-refractivity contribution in [2.24, 2.45) is 5.41 Å². The SMILES string of the molecule is O=C1CCC2(CCOC2)CN1CCN1CCN(Cc2ccccc2)CC1. The van der Waals surface area contributed by atoms with E-state index >= 15 is 0 Å². The van der Waals surface area contributed by atoms with Crippen molar-refractivity contribution in [3.05, 3.63) is 35.9 Å². The monoisotopic (exact) mass is 357 g/mol. The molecule has 26 heavy (non-hydrogen) atoms. The summed E-state index contributed by atoms with van der Waals surface area (Å²) in [5.41, 5.74) is 1.64.